The Morgan fingerprint density at radius 2 is 1.79 bits per heavy atom. The minimum Gasteiger partial charge on any atom is -0.493 e. The van der Waals surface area contributed by atoms with Gasteiger partial charge >= 0.3 is 5.97 Å². The van der Waals surface area contributed by atoms with E-state index in [9.17, 15) is 4.79 Å². The van der Waals surface area contributed by atoms with Gasteiger partial charge in [-0.15, -0.1) is 0 Å². The van der Waals surface area contributed by atoms with Crippen LogP contribution < -0.4 is 14.8 Å². The molecule has 0 fully saturated rings. The maximum absolute atomic E-state index is 12.6. The van der Waals surface area contributed by atoms with Crippen molar-refractivity contribution >= 4 is 28.5 Å². The first kappa shape index (κ1) is 22.4. The van der Waals surface area contributed by atoms with Gasteiger partial charge in [0, 0.05) is 5.56 Å². The topological polar surface area (TPSA) is 87.0 Å². The molecule has 0 aliphatic heterocycles. The molecule has 0 aliphatic rings. The lowest BCUT2D eigenvalue weighted by Gasteiger charge is -2.23. The Bertz CT molecular complexity index is 1320. The third-order valence-electron chi connectivity index (χ3n) is 5.12. The van der Waals surface area contributed by atoms with Gasteiger partial charge in [0.2, 0.25) is 0 Å². The summed E-state index contributed by atoms with van der Waals surface area (Å²) >= 11 is 0. The largest absolute Gasteiger partial charge is 0.493 e. The van der Waals surface area contributed by atoms with E-state index in [0.717, 1.165) is 22.3 Å². The molecule has 4 aromatic rings. The fourth-order valence-electron chi connectivity index (χ4n) is 3.63. The second-order valence-electron chi connectivity index (χ2n) is 8.72. The third kappa shape index (κ3) is 4.41. The number of rotatable bonds is 6. The monoisotopic (exact) mass is 448 g/mol. The number of nitrogens with one attached hydrogen (secondary N) is 1. The minimum absolute atomic E-state index is 0.359. The van der Waals surface area contributed by atoms with Crippen LogP contribution in [0.4, 0.5) is 5.82 Å². The summed E-state index contributed by atoms with van der Waals surface area (Å²) in [7, 11) is 3.21. The first-order chi connectivity index (χ1) is 15.7. The average molecular weight is 449 g/mol. The van der Waals surface area contributed by atoms with Crippen LogP contribution in [0.15, 0.2) is 48.7 Å². The summed E-state index contributed by atoms with van der Waals surface area (Å²) < 4.78 is 18.4. The zero-order valence-electron chi connectivity index (χ0n) is 19.7. The summed E-state index contributed by atoms with van der Waals surface area (Å²) in [5.74, 6) is 1.41. The van der Waals surface area contributed by atoms with Crippen molar-refractivity contribution in [2.45, 2.75) is 39.3 Å². The number of hydrogen-bond donors (Lipinski definition) is 1. The second kappa shape index (κ2) is 8.61. The van der Waals surface area contributed by atoms with Crippen molar-refractivity contribution in [3.63, 3.8) is 0 Å². The summed E-state index contributed by atoms with van der Waals surface area (Å²) in [4.78, 5) is 21.9. The molecule has 0 aliphatic carbocycles. The number of esters is 1. The van der Waals surface area contributed by atoms with Crippen molar-refractivity contribution in [1.29, 1.82) is 0 Å². The van der Waals surface area contributed by atoms with Crippen molar-refractivity contribution < 1.29 is 19.0 Å². The fraction of sp³-hybridized carbons (Fsp3) is 0.320. The van der Waals surface area contributed by atoms with Gasteiger partial charge < -0.3 is 19.5 Å². The zero-order chi connectivity index (χ0) is 23.8. The van der Waals surface area contributed by atoms with E-state index >= 15 is 0 Å². The molecule has 0 amide bonds. The molecule has 33 heavy (non-hydrogen) atoms. The van der Waals surface area contributed by atoms with E-state index in [1.165, 1.54) is 0 Å². The molecule has 4 rings (SSSR count). The number of benzene rings is 2. The van der Waals surface area contributed by atoms with Gasteiger partial charge in [0.15, 0.2) is 23.0 Å². The standard InChI is InChI=1S/C25H28N4O4/c1-15(24(30)33-25(2,3)4)27-22-23-26-14-19(16-11-12-20(31-5)21(13-16)32-6)29(23)18-10-8-7-9-17(18)28-22/h7-15H,1-6H3,(H,27,28). The molecule has 8 heteroatoms. The number of fused-ring (bicyclic) bond motifs is 3. The van der Waals surface area contributed by atoms with Crippen molar-refractivity contribution in [2.24, 2.45) is 0 Å². The van der Waals surface area contributed by atoms with E-state index in [-0.39, 0.29) is 5.97 Å². The van der Waals surface area contributed by atoms with E-state index in [2.05, 4.69) is 10.3 Å². The van der Waals surface area contributed by atoms with Crippen LogP contribution in [0.5, 0.6) is 11.5 Å². The summed E-state index contributed by atoms with van der Waals surface area (Å²) in [6, 6.07) is 12.9. The molecule has 0 spiro atoms. The second-order valence-corrected chi connectivity index (χ2v) is 8.72. The predicted octanol–water partition coefficient (Wildman–Crippen LogP) is 4.71. The number of methoxy groups -OCH3 is 2. The zero-order valence-corrected chi connectivity index (χ0v) is 19.7. The Morgan fingerprint density at radius 3 is 2.48 bits per heavy atom. The number of para-hydroxylation sites is 2. The Hall–Kier alpha value is -3.81. The molecular formula is C25H28N4O4. The van der Waals surface area contributed by atoms with Crippen LogP contribution in [0.25, 0.3) is 27.9 Å². The Balaban J connectivity index is 1.84. The van der Waals surface area contributed by atoms with Crippen LogP contribution >= 0.6 is 0 Å². The first-order valence-corrected chi connectivity index (χ1v) is 10.7. The maximum Gasteiger partial charge on any atom is 0.328 e. The fourth-order valence-corrected chi connectivity index (χ4v) is 3.63. The molecule has 0 radical (unpaired) electrons. The van der Waals surface area contributed by atoms with Gasteiger partial charge in [0.25, 0.3) is 0 Å². The lowest BCUT2D eigenvalue weighted by atomic mass is 10.1. The highest BCUT2D eigenvalue weighted by Gasteiger charge is 2.24. The van der Waals surface area contributed by atoms with Crippen molar-refractivity contribution in [1.82, 2.24) is 14.4 Å². The SMILES string of the molecule is COc1ccc(-c2cnc3c(NC(C)C(=O)OC(C)(C)C)nc4ccccc4n23)cc1OC. The van der Waals surface area contributed by atoms with E-state index < -0.39 is 11.6 Å². The lowest BCUT2D eigenvalue weighted by Crippen LogP contribution is -2.34. The number of ether oxygens (including phenoxy) is 3. The summed E-state index contributed by atoms with van der Waals surface area (Å²) in [5, 5.41) is 3.19. The van der Waals surface area contributed by atoms with E-state index in [1.807, 2.05) is 67.6 Å². The number of carbonyl (C=O) groups is 1. The highest BCUT2D eigenvalue weighted by atomic mass is 16.6. The summed E-state index contributed by atoms with van der Waals surface area (Å²) in [6.45, 7) is 7.27. The quantitative estimate of drug-likeness (QED) is 0.428. The number of hydrogen-bond acceptors (Lipinski definition) is 7. The summed E-state index contributed by atoms with van der Waals surface area (Å²) in [5.41, 5.74) is 3.45. The summed E-state index contributed by atoms with van der Waals surface area (Å²) in [6.07, 6.45) is 1.79. The van der Waals surface area contributed by atoms with E-state index in [0.29, 0.717) is 23.0 Å². The van der Waals surface area contributed by atoms with E-state index in [4.69, 9.17) is 19.2 Å². The van der Waals surface area contributed by atoms with Gasteiger partial charge in [-0.3, -0.25) is 4.40 Å². The number of aromatic nitrogens is 3. The molecule has 8 nitrogen and oxygen atoms in total. The molecule has 0 saturated heterocycles. The smallest absolute Gasteiger partial charge is 0.328 e. The molecular weight excluding hydrogens is 420 g/mol. The molecule has 0 saturated carbocycles. The Kier molecular flexibility index (Phi) is 5.84. The number of anilines is 1. The number of imidazole rings is 1. The van der Waals surface area contributed by atoms with E-state index in [1.54, 1.807) is 27.3 Å². The van der Waals surface area contributed by atoms with Crippen molar-refractivity contribution in [3.05, 3.63) is 48.7 Å². The van der Waals surface area contributed by atoms with Crippen LogP contribution in [0.3, 0.4) is 0 Å². The van der Waals surface area contributed by atoms with Gasteiger partial charge in [0.05, 0.1) is 37.1 Å². The van der Waals surface area contributed by atoms with Crippen molar-refractivity contribution in [3.8, 4) is 22.8 Å². The number of nitrogens with zero attached hydrogens (tertiary/aromatic N) is 3. The van der Waals surface area contributed by atoms with Crippen LogP contribution in [0, 0.1) is 0 Å². The molecule has 1 N–H and O–H groups in total. The molecule has 0 bridgehead atoms. The molecule has 1 atom stereocenters. The van der Waals surface area contributed by atoms with Crippen LogP contribution in [-0.2, 0) is 9.53 Å². The Morgan fingerprint density at radius 1 is 1.06 bits per heavy atom. The predicted molar refractivity (Wildman–Crippen MR) is 128 cm³/mol. The average Bonchev–Trinajstić information content (AvgIpc) is 3.23. The highest BCUT2D eigenvalue weighted by molar-refractivity contribution is 5.88. The van der Waals surface area contributed by atoms with Crippen LogP contribution in [-0.4, -0.2) is 46.2 Å². The molecule has 172 valence electrons. The van der Waals surface area contributed by atoms with Crippen LogP contribution in [0.1, 0.15) is 27.7 Å². The Labute approximate surface area is 192 Å². The van der Waals surface area contributed by atoms with Gasteiger partial charge in [0.1, 0.15) is 11.6 Å². The molecule has 2 aromatic carbocycles. The van der Waals surface area contributed by atoms with Crippen LogP contribution in [0.2, 0.25) is 0 Å². The maximum atomic E-state index is 12.6. The molecule has 2 heterocycles. The van der Waals surface area contributed by atoms with Gasteiger partial charge in [-0.05, 0) is 58.0 Å². The third-order valence-corrected chi connectivity index (χ3v) is 5.12. The van der Waals surface area contributed by atoms with Gasteiger partial charge in [-0.25, -0.2) is 14.8 Å². The van der Waals surface area contributed by atoms with Gasteiger partial charge in [-0.1, -0.05) is 12.1 Å². The highest BCUT2D eigenvalue weighted by Crippen LogP contribution is 2.34. The minimum atomic E-state index is -0.608. The molecule has 2 aromatic heterocycles. The van der Waals surface area contributed by atoms with Gasteiger partial charge in [-0.2, -0.15) is 0 Å². The molecule has 1 unspecified atom stereocenters. The van der Waals surface area contributed by atoms with Crippen molar-refractivity contribution in [2.75, 3.05) is 19.5 Å². The lowest BCUT2D eigenvalue weighted by molar-refractivity contribution is -0.155. The normalized spacial score (nSPS) is 12.5. The first-order valence-electron chi connectivity index (χ1n) is 10.7. The number of carbonyl (C=O) groups excluding carboxylic acids is 1.